The van der Waals surface area contributed by atoms with Crippen molar-refractivity contribution in [3.8, 4) is 17.1 Å². The molecule has 0 atom stereocenters. The summed E-state index contributed by atoms with van der Waals surface area (Å²) in [7, 11) is 1.64. The number of carbonyl (C=O) groups is 1. The van der Waals surface area contributed by atoms with Gasteiger partial charge in [0.05, 0.1) is 7.11 Å². The van der Waals surface area contributed by atoms with E-state index in [1.807, 2.05) is 54.6 Å². The Morgan fingerprint density at radius 1 is 1.10 bits per heavy atom. The molecule has 3 aromatic rings. The minimum atomic E-state index is -0.249. The number of rotatable bonds is 9. The van der Waals surface area contributed by atoms with Crippen LogP contribution in [0.5, 0.6) is 5.75 Å². The first-order chi connectivity index (χ1) is 14.2. The molecule has 0 unspecified atom stereocenters. The predicted molar refractivity (Wildman–Crippen MR) is 115 cm³/mol. The van der Waals surface area contributed by atoms with Crippen molar-refractivity contribution < 1.29 is 9.53 Å². The normalized spacial score (nSPS) is 10.2. The fourth-order valence-electron chi connectivity index (χ4n) is 2.86. The van der Waals surface area contributed by atoms with Gasteiger partial charge in [0, 0.05) is 24.7 Å². The highest BCUT2D eigenvalue weighted by molar-refractivity contribution is 5.93. The summed E-state index contributed by atoms with van der Waals surface area (Å²) in [6, 6.07) is 19.0. The molecule has 0 aliphatic rings. The zero-order valence-corrected chi connectivity index (χ0v) is 16.4. The van der Waals surface area contributed by atoms with Crippen LogP contribution in [0.25, 0.3) is 11.4 Å². The maximum atomic E-state index is 12.7. The van der Waals surface area contributed by atoms with Gasteiger partial charge >= 0.3 is 0 Å². The molecule has 3 rings (SSSR count). The number of aromatic nitrogens is 2. The number of methoxy groups -OCH3 is 1. The van der Waals surface area contributed by atoms with Crippen LogP contribution in [-0.2, 0) is 6.42 Å². The Morgan fingerprint density at radius 2 is 1.86 bits per heavy atom. The Kier molecular flexibility index (Phi) is 6.95. The highest BCUT2D eigenvalue weighted by Crippen LogP contribution is 2.19. The number of nitrogens with zero attached hydrogens (tertiary/aromatic N) is 2. The molecule has 0 aliphatic heterocycles. The molecule has 6 heteroatoms. The van der Waals surface area contributed by atoms with E-state index in [9.17, 15) is 4.79 Å². The number of anilines is 1. The Hall–Kier alpha value is -3.67. The van der Waals surface area contributed by atoms with E-state index in [1.165, 1.54) is 0 Å². The third-order valence-corrected chi connectivity index (χ3v) is 4.29. The summed E-state index contributed by atoms with van der Waals surface area (Å²) in [5, 5.41) is 6.06. The van der Waals surface area contributed by atoms with Crippen molar-refractivity contribution in [3.05, 3.63) is 84.6 Å². The standard InChI is InChI=1S/C23H24N4O2/c1-3-14-24-21-16-19(26-22(27-21)18-10-5-4-6-11-18)23(28)25-15-13-17-9-7-8-12-20(17)29-2/h3-12,16H,1,13-15H2,2H3,(H,25,28)(H,24,26,27). The lowest BCUT2D eigenvalue weighted by Gasteiger charge is -2.11. The van der Waals surface area contributed by atoms with Gasteiger partial charge in [0.2, 0.25) is 0 Å². The largest absolute Gasteiger partial charge is 0.496 e. The van der Waals surface area contributed by atoms with E-state index in [2.05, 4.69) is 27.2 Å². The topological polar surface area (TPSA) is 76.1 Å². The number of para-hydroxylation sites is 1. The van der Waals surface area contributed by atoms with Crippen molar-refractivity contribution in [2.24, 2.45) is 0 Å². The van der Waals surface area contributed by atoms with E-state index in [4.69, 9.17) is 4.74 Å². The first-order valence-electron chi connectivity index (χ1n) is 9.40. The monoisotopic (exact) mass is 388 g/mol. The summed E-state index contributed by atoms with van der Waals surface area (Å²) in [4.78, 5) is 21.7. The lowest BCUT2D eigenvalue weighted by molar-refractivity contribution is 0.0949. The molecule has 1 heterocycles. The second-order valence-corrected chi connectivity index (χ2v) is 6.32. The van der Waals surface area contributed by atoms with Crippen molar-refractivity contribution >= 4 is 11.7 Å². The quantitative estimate of drug-likeness (QED) is 0.547. The van der Waals surface area contributed by atoms with Crippen molar-refractivity contribution in [2.75, 3.05) is 25.5 Å². The molecular formula is C23H24N4O2. The van der Waals surface area contributed by atoms with E-state index in [1.54, 1.807) is 19.3 Å². The van der Waals surface area contributed by atoms with E-state index in [0.29, 0.717) is 36.8 Å². The molecule has 1 amide bonds. The molecule has 0 saturated heterocycles. The Balaban J connectivity index is 1.75. The first-order valence-corrected chi connectivity index (χ1v) is 9.40. The summed E-state index contributed by atoms with van der Waals surface area (Å²) in [5.41, 5.74) is 2.19. The fraction of sp³-hybridized carbons (Fsp3) is 0.174. The van der Waals surface area contributed by atoms with Crippen LogP contribution in [-0.4, -0.2) is 36.1 Å². The van der Waals surface area contributed by atoms with Gasteiger partial charge in [-0.05, 0) is 18.1 Å². The summed E-state index contributed by atoms with van der Waals surface area (Å²) < 4.78 is 5.36. The predicted octanol–water partition coefficient (Wildman–Crippen LogP) is 3.72. The fourth-order valence-corrected chi connectivity index (χ4v) is 2.86. The average molecular weight is 388 g/mol. The molecule has 1 aromatic heterocycles. The molecular weight excluding hydrogens is 364 g/mol. The van der Waals surface area contributed by atoms with Crippen LogP contribution in [0.1, 0.15) is 16.1 Å². The van der Waals surface area contributed by atoms with Gasteiger partial charge in [-0.2, -0.15) is 0 Å². The molecule has 6 nitrogen and oxygen atoms in total. The number of benzene rings is 2. The van der Waals surface area contributed by atoms with Crippen LogP contribution in [0.2, 0.25) is 0 Å². The molecule has 0 saturated carbocycles. The lowest BCUT2D eigenvalue weighted by atomic mass is 10.1. The molecule has 0 fully saturated rings. The molecule has 29 heavy (non-hydrogen) atoms. The van der Waals surface area contributed by atoms with Gasteiger partial charge in [-0.25, -0.2) is 9.97 Å². The van der Waals surface area contributed by atoms with Gasteiger partial charge in [0.1, 0.15) is 17.3 Å². The van der Waals surface area contributed by atoms with Gasteiger partial charge in [0.15, 0.2) is 5.82 Å². The molecule has 0 spiro atoms. The molecule has 0 aliphatic carbocycles. The highest BCUT2D eigenvalue weighted by atomic mass is 16.5. The van der Waals surface area contributed by atoms with Crippen molar-refractivity contribution in [3.63, 3.8) is 0 Å². The Morgan fingerprint density at radius 3 is 2.62 bits per heavy atom. The van der Waals surface area contributed by atoms with Gasteiger partial charge in [0.25, 0.3) is 5.91 Å². The van der Waals surface area contributed by atoms with Crippen molar-refractivity contribution in [2.45, 2.75) is 6.42 Å². The molecule has 0 bridgehead atoms. The third kappa shape index (κ3) is 5.42. The number of amides is 1. The van der Waals surface area contributed by atoms with Gasteiger partial charge in [-0.1, -0.05) is 54.6 Å². The van der Waals surface area contributed by atoms with Crippen LogP contribution in [0.3, 0.4) is 0 Å². The van der Waals surface area contributed by atoms with Crippen molar-refractivity contribution in [1.82, 2.24) is 15.3 Å². The SMILES string of the molecule is C=CCNc1cc(C(=O)NCCc2ccccc2OC)nc(-c2ccccc2)n1. The van der Waals surface area contributed by atoms with Crippen LogP contribution >= 0.6 is 0 Å². The molecule has 0 radical (unpaired) electrons. The minimum Gasteiger partial charge on any atom is -0.496 e. The number of hydrogen-bond acceptors (Lipinski definition) is 5. The average Bonchev–Trinajstić information content (AvgIpc) is 2.78. The summed E-state index contributed by atoms with van der Waals surface area (Å²) in [6.45, 7) is 4.72. The Bertz CT molecular complexity index is 974. The minimum absolute atomic E-state index is 0.249. The second-order valence-electron chi connectivity index (χ2n) is 6.32. The summed E-state index contributed by atoms with van der Waals surface area (Å²) in [5.74, 6) is 1.63. The third-order valence-electron chi connectivity index (χ3n) is 4.29. The number of carbonyl (C=O) groups excluding carboxylic acids is 1. The smallest absolute Gasteiger partial charge is 0.270 e. The number of hydrogen-bond donors (Lipinski definition) is 2. The van der Waals surface area contributed by atoms with E-state index >= 15 is 0 Å². The van der Waals surface area contributed by atoms with Gasteiger partial charge in [-0.3, -0.25) is 4.79 Å². The van der Waals surface area contributed by atoms with Gasteiger partial charge < -0.3 is 15.4 Å². The highest BCUT2D eigenvalue weighted by Gasteiger charge is 2.13. The maximum Gasteiger partial charge on any atom is 0.270 e. The zero-order chi connectivity index (χ0) is 20.5. The van der Waals surface area contributed by atoms with Gasteiger partial charge in [-0.15, -0.1) is 6.58 Å². The van der Waals surface area contributed by atoms with E-state index in [-0.39, 0.29) is 5.91 Å². The number of nitrogens with one attached hydrogen (secondary N) is 2. The lowest BCUT2D eigenvalue weighted by Crippen LogP contribution is -2.27. The maximum absolute atomic E-state index is 12.7. The molecule has 2 aromatic carbocycles. The summed E-state index contributed by atoms with van der Waals surface area (Å²) >= 11 is 0. The van der Waals surface area contributed by atoms with Crippen LogP contribution in [0.4, 0.5) is 5.82 Å². The Labute approximate surface area is 170 Å². The molecule has 2 N–H and O–H groups in total. The van der Waals surface area contributed by atoms with E-state index < -0.39 is 0 Å². The number of ether oxygens (including phenoxy) is 1. The molecule has 148 valence electrons. The zero-order valence-electron chi connectivity index (χ0n) is 16.4. The van der Waals surface area contributed by atoms with Crippen LogP contribution in [0.15, 0.2) is 73.3 Å². The second kappa shape index (κ2) is 10.0. The van der Waals surface area contributed by atoms with Crippen molar-refractivity contribution in [1.29, 1.82) is 0 Å². The first kappa shape index (κ1) is 20.1. The van der Waals surface area contributed by atoms with Crippen LogP contribution < -0.4 is 15.4 Å². The summed E-state index contributed by atoms with van der Waals surface area (Å²) in [6.07, 6.45) is 2.39. The van der Waals surface area contributed by atoms with Crippen LogP contribution in [0, 0.1) is 0 Å². The van der Waals surface area contributed by atoms with E-state index in [0.717, 1.165) is 16.9 Å².